The molecule has 29 heavy (non-hydrogen) atoms. The number of phosphoric ester groups is 1. The topological polar surface area (TPSA) is 71.1 Å². The minimum absolute atomic E-state index is 0.0528. The minimum atomic E-state index is -3.42. The molecule has 1 heterocycles. The molecule has 6 nitrogen and oxygen atoms in total. The van der Waals surface area contributed by atoms with E-state index in [4.69, 9.17) is 13.8 Å². The highest BCUT2D eigenvalue weighted by molar-refractivity contribution is 7.48. The first kappa shape index (κ1) is 26.4. The Bertz CT molecular complexity index is 494. The second kappa shape index (κ2) is 17.0. The van der Waals surface area contributed by atoms with Crippen LogP contribution >= 0.6 is 7.82 Å². The summed E-state index contributed by atoms with van der Waals surface area (Å²) in [5.41, 5.74) is 0. The molecule has 0 N–H and O–H groups in total. The quantitative estimate of drug-likeness (QED) is 0.103. The van der Waals surface area contributed by atoms with Crippen LogP contribution in [0.1, 0.15) is 96.8 Å². The third kappa shape index (κ3) is 14.0. The van der Waals surface area contributed by atoms with Gasteiger partial charge in [-0.15, -0.1) is 0 Å². The Balaban J connectivity index is 1.84. The lowest BCUT2D eigenvalue weighted by molar-refractivity contribution is -0.146. The fourth-order valence-corrected chi connectivity index (χ4v) is 4.28. The summed E-state index contributed by atoms with van der Waals surface area (Å²) in [6.45, 7) is 2.42. The van der Waals surface area contributed by atoms with Crippen LogP contribution in [0, 0.1) is 0 Å². The first-order valence-electron chi connectivity index (χ1n) is 11.4. The van der Waals surface area contributed by atoms with Crippen LogP contribution in [0.4, 0.5) is 0 Å². The van der Waals surface area contributed by atoms with Gasteiger partial charge in [0.1, 0.15) is 12.7 Å². The molecule has 0 radical (unpaired) electrons. The van der Waals surface area contributed by atoms with Gasteiger partial charge in [-0.05, 0) is 32.1 Å². The van der Waals surface area contributed by atoms with E-state index in [0.29, 0.717) is 6.42 Å². The number of hydrogen-bond acceptors (Lipinski definition) is 6. The minimum Gasteiger partial charge on any atom is -0.463 e. The zero-order chi connectivity index (χ0) is 21.2. The number of esters is 1. The molecular weight excluding hydrogens is 391 g/mol. The zero-order valence-corrected chi connectivity index (χ0v) is 19.3. The molecule has 170 valence electrons. The van der Waals surface area contributed by atoms with E-state index in [1.807, 2.05) is 0 Å². The Morgan fingerprint density at radius 1 is 0.966 bits per heavy atom. The molecule has 2 unspecified atom stereocenters. The van der Waals surface area contributed by atoms with E-state index in [1.54, 1.807) is 0 Å². The van der Waals surface area contributed by atoms with Crippen molar-refractivity contribution in [1.82, 2.24) is 0 Å². The van der Waals surface area contributed by atoms with Crippen LogP contribution in [0.5, 0.6) is 0 Å². The lowest BCUT2D eigenvalue weighted by Gasteiger charge is -2.09. The number of hydrogen-bond donors (Lipinski definition) is 0. The summed E-state index contributed by atoms with van der Waals surface area (Å²) >= 11 is 0. The summed E-state index contributed by atoms with van der Waals surface area (Å²) in [6, 6.07) is 0. The third-order valence-corrected chi connectivity index (χ3v) is 6.46. The van der Waals surface area contributed by atoms with Crippen molar-refractivity contribution in [3.8, 4) is 0 Å². The van der Waals surface area contributed by atoms with E-state index in [1.165, 1.54) is 64.9 Å². The largest absolute Gasteiger partial charge is 0.475 e. The van der Waals surface area contributed by atoms with Crippen LogP contribution in [-0.2, 0) is 27.7 Å². The van der Waals surface area contributed by atoms with Gasteiger partial charge in [-0.2, -0.15) is 0 Å². The van der Waals surface area contributed by atoms with Crippen LogP contribution in [0.15, 0.2) is 12.2 Å². The molecule has 0 saturated carbocycles. The molecule has 1 aliphatic rings. The van der Waals surface area contributed by atoms with Crippen molar-refractivity contribution in [2.45, 2.75) is 103 Å². The fraction of sp³-hybridized carbons (Fsp3) is 0.864. The molecular formula is C22H41O6P. The first-order chi connectivity index (χ1) is 14.1. The van der Waals surface area contributed by atoms with Gasteiger partial charge in [0, 0.05) is 13.5 Å². The van der Waals surface area contributed by atoms with Crippen LogP contribution in [0.2, 0.25) is 0 Å². The van der Waals surface area contributed by atoms with Crippen molar-refractivity contribution in [3.05, 3.63) is 12.2 Å². The molecule has 0 aromatic carbocycles. The highest BCUT2D eigenvalue weighted by Crippen LogP contribution is 2.54. The van der Waals surface area contributed by atoms with Crippen molar-refractivity contribution in [2.75, 3.05) is 20.3 Å². The average molecular weight is 433 g/mol. The summed E-state index contributed by atoms with van der Waals surface area (Å²) in [6.07, 6.45) is 20.5. The van der Waals surface area contributed by atoms with Crippen molar-refractivity contribution in [1.29, 1.82) is 0 Å². The lowest BCUT2D eigenvalue weighted by atomic mass is 10.1. The molecule has 1 aliphatic heterocycles. The molecule has 7 heteroatoms. The van der Waals surface area contributed by atoms with Crippen LogP contribution < -0.4 is 0 Å². The third-order valence-electron chi connectivity index (χ3n) is 4.99. The maximum Gasteiger partial charge on any atom is 0.475 e. The molecule has 0 amide bonds. The fourth-order valence-electron chi connectivity index (χ4n) is 3.19. The van der Waals surface area contributed by atoms with Gasteiger partial charge in [-0.1, -0.05) is 70.4 Å². The van der Waals surface area contributed by atoms with E-state index >= 15 is 0 Å². The summed E-state index contributed by atoms with van der Waals surface area (Å²) in [4.78, 5) is 11.7. The molecule has 0 aromatic heterocycles. The number of phosphoric acid groups is 1. The lowest BCUT2D eigenvalue weighted by Crippen LogP contribution is -2.20. The summed E-state index contributed by atoms with van der Waals surface area (Å²) in [5, 5.41) is 0. The van der Waals surface area contributed by atoms with Gasteiger partial charge in [0.2, 0.25) is 0 Å². The Morgan fingerprint density at radius 3 is 2.14 bits per heavy atom. The van der Waals surface area contributed by atoms with Gasteiger partial charge in [-0.3, -0.25) is 18.4 Å². The predicted molar refractivity (Wildman–Crippen MR) is 116 cm³/mol. The molecule has 0 aromatic rings. The molecule has 1 fully saturated rings. The Hall–Kier alpha value is -0.680. The van der Waals surface area contributed by atoms with E-state index in [2.05, 4.69) is 23.6 Å². The van der Waals surface area contributed by atoms with Crippen molar-refractivity contribution in [2.24, 2.45) is 0 Å². The van der Waals surface area contributed by atoms with Crippen molar-refractivity contribution in [3.63, 3.8) is 0 Å². The molecule has 0 bridgehead atoms. The van der Waals surface area contributed by atoms with Crippen LogP contribution in [-0.4, -0.2) is 32.4 Å². The van der Waals surface area contributed by atoms with Gasteiger partial charge >= 0.3 is 13.8 Å². The Labute approximate surface area is 177 Å². The van der Waals surface area contributed by atoms with E-state index in [0.717, 1.165) is 25.7 Å². The summed E-state index contributed by atoms with van der Waals surface area (Å²) in [5.74, 6) is -0.245. The molecule has 0 spiro atoms. The zero-order valence-electron chi connectivity index (χ0n) is 18.4. The summed E-state index contributed by atoms with van der Waals surface area (Å²) < 4.78 is 31.5. The summed E-state index contributed by atoms with van der Waals surface area (Å²) in [7, 11) is -2.15. The standard InChI is InChI=1S/C22H41O6P/c1-3-4-5-6-7-8-9-10-11-12-13-14-15-16-17-18-22(23)26-19-21-20-27-29(24,25-2)28-21/h10-11,21H,3-9,12-20H2,1-2H3/b11-10-. The monoisotopic (exact) mass is 432 g/mol. The van der Waals surface area contributed by atoms with Gasteiger partial charge in [0.05, 0.1) is 6.61 Å². The van der Waals surface area contributed by atoms with Crippen molar-refractivity contribution < 1.29 is 27.7 Å². The van der Waals surface area contributed by atoms with E-state index in [-0.39, 0.29) is 19.2 Å². The van der Waals surface area contributed by atoms with E-state index < -0.39 is 13.9 Å². The van der Waals surface area contributed by atoms with Crippen molar-refractivity contribution >= 4 is 13.8 Å². The number of unbranched alkanes of at least 4 members (excludes halogenated alkanes) is 11. The van der Waals surface area contributed by atoms with E-state index in [9.17, 15) is 9.36 Å². The molecule has 1 saturated heterocycles. The molecule has 1 rings (SSSR count). The second-order valence-corrected chi connectivity index (χ2v) is 9.40. The van der Waals surface area contributed by atoms with Gasteiger partial charge < -0.3 is 4.74 Å². The van der Waals surface area contributed by atoms with Gasteiger partial charge in [0.25, 0.3) is 0 Å². The second-order valence-electron chi connectivity index (χ2n) is 7.67. The first-order valence-corrected chi connectivity index (χ1v) is 12.8. The average Bonchev–Trinajstić information content (AvgIpc) is 3.11. The number of carbonyl (C=O) groups is 1. The number of allylic oxidation sites excluding steroid dienone is 2. The predicted octanol–water partition coefficient (Wildman–Crippen LogP) is 6.74. The van der Waals surface area contributed by atoms with Crippen LogP contribution in [0.3, 0.4) is 0 Å². The van der Waals surface area contributed by atoms with Crippen LogP contribution in [0.25, 0.3) is 0 Å². The maximum absolute atomic E-state index is 11.7. The van der Waals surface area contributed by atoms with Gasteiger partial charge in [0.15, 0.2) is 0 Å². The molecule has 0 aliphatic carbocycles. The number of rotatable bonds is 18. The highest BCUT2D eigenvalue weighted by Gasteiger charge is 2.38. The Morgan fingerprint density at radius 2 is 1.55 bits per heavy atom. The smallest absolute Gasteiger partial charge is 0.463 e. The number of carbonyl (C=O) groups excluding carboxylic acids is 1. The van der Waals surface area contributed by atoms with Gasteiger partial charge in [-0.25, -0.2) is 4.57 Å². The molecule has 2 atom stereocenters. The maximum atomic E-state index is 11.7. The Kier molecular flexibility index (Phi) is 15.5. The SMILES string of the molecule is CCCCCCCC/C=C\CCCCCCCC(=O)OCC1COP(=O)(OC)O1. The number of ether oxygens (including phenoxy) is 1. The highest BCUT2D eigenvalue weighted by atomic mass is 31.2. The normalized spacial score (nSPS) is 21.8.